The van der Waals surface area contributed by atoms with Crippen LogP contribution in [0.3, 0.4) is 0 Å². The van der Waals surface area contributed by atoms with Gasteiger partial charge >= 0.3 is 0 Å². The zero-order valence-corrected chi connectivity index (χ0v) is 25.3. The molecule has 3 rings (SSSR count). The molecule has 1 heterocycles. The Morgan fingerprint density at radius 2 is 1.59 bits per heavy atom. The number of sulfonamides is 1. The van der Waals surface area contributed by atoms with Gasteiger partial charge in [-0.1, -0.05) is 64.1 Å². The molecule has 39 heavy (non-hydrogen) atoms. The minimum atomic E-state index is -3.49. The van der Waals surface area contributed by atoms with Crippen LogP contribution < -0.4 is 0 Å². The van der Waals surface area contributed by atoms with E-state index in [9.17, 15) is 18.0 Å². The van der Waals surface area contributed by atoms with Gasteiger partial charge in [0.15, 0.2) is 0 Å². The number of rotatable bonds is 10. The fraction of sp³-hybridized carbons (Fsp3) is 0.548. The maximum Gasteiger partial charge on any atom is 0.253 e. The second-order valence-electron chi connectivity index (χ2n) is 11.5. The third-order valence-electron chi connectivity index (χ3n) is 7.66. The molecule has 0 spiro atoms. The molecular weight excluding hydrogens is 510 g/mol. The first-order valence-corrected chi connectivity index (χ1v) is 15.7. The summed E-state index contributed by atoms with van der Waals surface area (Å²) in [7, 11) is -3.49. The van der Waals surface area contributed by atoms with Gasteiger partial charge in [-0.05, 0) is 67.3 Å². The van der Waals surface area contributed by atoms with Gasteiger partial charge in [0, 0.05) is 37.8 Å². The molecule has 8 heteroatoms. The summed E-state index contributed by atoms with van der Waals surface area (Å²) in [5, 5.41) is 0. The standard InChI is InChI=1S/C31H45N3O4S/c1-7-19-33(39(37,38)8-2)23-29(35)34(22-26-12-10-9-11-24(26)3)28-17-20-32(21-18-28)30(36)25-13-15-27(16-14-25)31(4,5)6/h9-16,28H,7-8,17-23H2,1-6H3. The Bertz CT molecular complexity index is 1230. The summed E-state index contributed by atoms with van der Waals surface area (Å²) < 4.78 is 26.7. The first-order chi connectivity index (χ1) is 18.4. The van der Waals surface area contributed by atoms with Crippen LogP contribution in [0.25, 0.3) is 0 Å². The normalized spacial score (nSPS) is 15.0. The van der Waals surface area contributed by atoms with Crippen molar-refractivity contribution in [2.75, 3.05) is 31.9 Å². The third-order valence-corrected chi connectivity index (χ3v) is 9.48. The number of likely N-dealkylation sites (tertiary alicyclic amines) is 1. The Hall–Kier alpha value is -2.71. The number of hydrogen-bond acceptors (Lipinski definition) is 4. The number of nitrogens with zero attached hydrogens (tertiary/aromatic N) is 3. The maximum absolute atomic E-state index is 13.7. The Morgan fingerprint density at radius 1 is 0.974 bits per heavy atom. The number of hydrogen-bond donors (Lipinski definition) is 0. The molecule has 214 valence electrons. The summed E-state index contributed by atoms with van der Waals surface area (Å²) in [6.07, 6.45) is 1.94. The number of piperidine rings is 1. The molecule has 1 fully saturated rings. The molecule has 1 saturated heterocycles. The van der Waals surface area contributed by atoms with E-state index in [4.69, 9.17) is 0 Å². The molecule has 2 aromatic rings. The smallest absolute Gasteiger partial charge is 0.253 e. The molecule has 0 N–H and O–H groups in total. The van der Waals surface area contributed by atoms with Gasteiger partial charge in [0.25, 0.3) is 5.91 Å². The van der Waals surface area contributed by atoms with E-state index in [1.807, 2.05) is 72.2 Å². The summed E-state index contributed by atoms with van der Waals surface area (Å²) in [5.41, 5.74) is 4.02. The van der Waals surface area contributed by atoms with Crippen molar-refractivity contribution >= 4 is 21.8 Å². The average Bonchev–Trinajstić information content (AvgIpc) is 2.91. The molecule has 0 aliphatic carbocycles. The fourth-order valence-electron chi connectivity index (χ4n) is 5.06. The average molecular weight is 556 g/mol. The van der Waals surface area contributed by atoms with Crippen LogP contribution in [0.2, 0.25) is 0 Å². The van der Waals surface area contributed by atoms with E-state index in [-0.39, 0.29) is 35.6 Å². The van der Waals surface area contributed by atoms with E-state index in [1.165, 1.54) is 9.87 Å². The topological polar surface area (TPSA) is 78.0 Å². The molecule has 0 unspecified atom stereocenters. The first kappa shape index (κ1) is 30.8. The maximum atomic E-state index is 13.7. The second-order valence-corrected chi connectivity index (χ2v) is 13.8. The lowest BCUT2D eigenvalue weighted by atomic mass is 9.86. The highest BCUT2D eigenvalue weighted by atomic mass is 32.2. The van der Waals surface area contributed by atoms with Gasteiger partial charge in [-0.3, -0.25) is 9.59 Å². The predicted molar refractivity (Wildman–Crippen MR) is 157 cm³/mol. The summed E-state index contributed by atoms with van der Waals surface area (Å²) in [6.45, 7) is 13.7. The minimum Gasteiger partial charge on any atom is -0.338 e. The molecule has 1 aliphatic rings. The van der Waals surface area contributed by atoms with E-state index in [2.05, 4.69) is 20.8 Å². The minimum absolute atomic E-state index is 0.00819. The van der Waals surface area contributed by atoms with E-state index < -0.39 is 10.0 Å². The molecule has 2 amide bonds. The lowest BCUT2D eigenvalue weighted by Crippen LogP contribution is -2.51. The molecule has 0 radical (unpaired) electrons. The number of aryl methyl sites for hydroxylation is 1. The fourth-order valence-corrected chi connectivity index (χ4v) is 6.19. The van der Waals surface area contributed by atoms with Crippen LogP contribution in [-0.2, 0) is 26.8 Å². The van der Waals surface area contributed by atoms with Crippen LogP contribution in [0.4, 0.5) is 0 Å². The number of amides is 2. The van der Waals surface area contributed by atoms with Crippen LogP contribution in [0.15, 0.2) is 48.5 Å². The Labute approximate surface area is 235 Å². The Balaban J connectivity index is 1.76. The lowest BCUT2D eigenvalue weighted by molar-refractivity contribution is -0.135. The largest absolute Gasteiger partial charge is 0.338 e. The van der Waals surface area contributed by atoms with Gasteiger partial charge < -0.3 is 9.80 Å². The number of carbonyl (C=O) groups excluding carboxylic acids is 2. The van der Waals surface area contributed by atoms with Crippen molar-refractivity contribution in [3.63, 3.8) is 0 Å². The molecule has 0 saturated carbocycles. The van der Waals surface area contributed by atoms with Crippen LogP contribution in [0.1, 0.15) is 80.9 Å². The van der Waals surface area contributed by atoms with Gasteiger partial charge in [0.05, 0.1) is 12.3 Å². The summed E-state index contributed by atoms with van der Waals surface area (Å²) in [5.74, 6) is -0.213. The number of benzene rings is 2. The van der Waals surface area contributed by atoms with Gasteiger partial charge in [-0.25, -0.2) is 8.42 Å². The highest BCUT2D eigenvalue weighted by Gasteiger charge is 2.32. The quantitative estimate of drug-likeness (QED) is 0.414. The second kappa shape index (κ2) is 13.1. The van der Waals surface area contributed by atoms with E-state index in [1.54, 1.807) is 6.92 Å². The van der Waals surface area contributed by atoms with E-state index >= 15 is 0 Å². The first-order valence-electron chi connectivity index (χ1n) is 14.1. The van der Waals surface area contributed by atoms with Crippen LogP contribution in [0, 0.1) is 6.92 Å². The van der Waals surface area contributed by atoms with Crippen molar-refractivity contribution in [1.29, 1.82) is 0 Å². The lowest BCUT2D eigenvalue weighted by Gasteiger charge is -2.39. The van der Waals surface area contributed by atoms with Crippen molar-refractivity contribution in [3.05, 3.63) is 70.8 Å². The van der Waals surface area contributed by atoms with Crippen molar-refractivity contribution < 1.29 is 18.0 Å². The highest BCUT2D eigenvalue weighted by molar-refractivity contribution is 7.89. The Kier molecular flexibility index (Phi) is 10.4. The zero-order chi connectivity index (χ0) is 28.8. The third kappa shape index (κ3) is 7.92. The van der Waals surface area contributed by atoms with Gasteiger partial charge in [0.2, 0.25) is 15.9 Å². The van der Waals surface area contributed by atoms with Crippen molar-refractivity contribution in [1.82, 2.24) is 14.1 Å². The van der Waals surface area contributed by atoms with Crippen LogP contribution in [-0.4, -0.2) is 72.3 Å². The predicted octanol–water partition coefficient (Wildman–Crippen LogP) is 4.99. The molecule has 2 aromatic carbocycles. The van der Waals surface area contributed by atoms with Gasteiger partial charge in [-0.15, -0.1) is 0 Å². The van der Waals surface area contributed by atoms with E-state index in [0.717, 1.165) is 11.1 Å². The van der Waals surface area contributed by atoms with E-state index in [0.29, 0.717) is 51.0 Å². The van der Waals surface area contributed by atoms with Crippen molar-refractivity contribution in [3.8, 4) is 0 Å². The monoisotopic (exact) mass is 555 g/mol. The SMILES string of the molecule is CCCN(CC(=O)N(Cc1ccccc1C)C1CCN(C(=O)c2ccc(C(C)(C)C)cc2)CC1)S(=O)(=O)CC. The Morgan fingerprint density at radius 3 is 2.13 bits per heavy atom. The van der Waals surface area contributed by atoms with Gasteiger partial charge in [-0.2, -0.15) is 4.31 Å². The van der Waals surface area contributed by atoms with Crippen molar-refractivity contribution in [2.45, 2.75) is 78.8 Å². The molecule has 1 aliphatic heterocycles. The molecular formula is C31H45N3O4S. The molecule has 7 nitrogen and oxygen atoms in total. The summed E-state index contributed by atoms with van der Waals surface area (Å²) in [4.78, 5) is 30.6. The van der Waals surface area contributed by atoms with Gasteiger partial charge in [0.1, 0.15) is 0 Å². The summed E-state index contributed by atoms with van der Waals surface area (Å²) >= 11 is 0. The van der Waals surface area contributed by atoms with Crippen LogP contribution >= 0.6 is 0 Å². The van der Waals surface area contributed by atoms with Crippen molar-refractivity contribution in [2.24, 2.45) is 0 Å². The van der Waals surface area contributed by atoms with Crippen LogP contribution in [0.5, 0.6) is 0 Å². The molecule has 0 bridgehead atoms. The molecule has 0 atom stereocenters. The number of carbonyl (C=O) groups is 2. The zero-order valence-electron chi connectivity index (χ0n) is 24.4. The summed E-state index contributed by atoms with van der Waals surface area (Å²) in [6, 6.07) is 15.7. The highest BCUT2D eigenvalue weighted by Crippen LogP contribution is 2.25. The molecule has 0 aromatic heterocycles.